The highest BCUT2D eigenvalue weighted by Gasteiger charge is 2.58. The van der Waals surface area contributed by atoms with Gasteiger partial charge in [-0.05, 0) is 68.1 Å². The van der Waals surface area contributed by atoms with Gasteiger partial charge in [0.25, 0.3) is 0 Å². The maximum atomic E-state index is 14.3. The number of hydrogen-bond donors (Lipinski definition) is 1. The van der Waals surface area contributed by atoms with E-state index in [4.69, 9.17) is 24.7 Å². The second-order valence-electron chi connectivity index (χ2n) is 11.6. The zero-order valence-corrected chi connectivity index (χ0v) is 23.0. The number of imidazole rings is 1. The summed E-state index contributed by atoms with van der Waals surface area (Å²) in [5.74, 6) is 0.652. The summed E-state index contributed by atoms with van der Waals surface area (Å²) >= 11 is 0. The summed E-state index contributed by atoms with van der Waals surface area (Å²) in [5.41, 5.74) is 3.61. The molecule has 0 bridgehead atoms. The molecule has 1 saturated carbocycles. The fraction of sp³-hybridized carbons (Fsp3) is 0.375. The zero-order valence-electron chi connectivity index (χ0n) is 23.0. The van der Waals surface area contributed by atoms with Gasteiger partial charge in [-0.25, -0.2) is 14.2 Å². The van der Waals surface area contributed by atoms with Gasteiger partial charge < -0.3 is 19.1 Å². The van der Waals surface area contributed by atoms with Gasteiger partial charge in [0.1, 0.15) is 24.0 Å². The largest absolute Gasteiger partial charge is 0.489 e. The molecular formula is C32H30FN5O4. The van der Waals surface area contributed by atoms with Crippen molar-refractivity contribution >= 4 is 17.0 Å². The van der Waals surface area contributed by atoms with Crippen molar-refractivity contribution in [3.05, 3.63) is 88.8 Å². The number of nitriles is 1. The average Bonchev–Trinajstić information content (AvgIpc) is 3.62. The molecule has 10 heteroatoms. The molecule has 3 aliphatic rings. The van der Waals surface area contributed by atoms with Crippen LogP contribution < -0.4 is 4.74 Å². The molecule has 7 rings (SSSR count). The number of benzene rings is 2. The number of aromatic nitrogens is 3. The summed E-state index contributed by atoms with van der Waals surface area (Å²) in [6, 6.07) is 15.2. The highest BCUT2D eigenvalue weighted by atomic mass is 19.1. The van der Waals surface area contributed by atoms with Crippen LogP contribution in [0.4, 0.5) is 4.39 Å². The molecule has 1 N–H and O–H groups in total. The van der Waals surface area contributed by atoms with Crippen LogP contribution in [-0.2, 0) is 29.8 Å². The molecule has 3 fully saturated rings. The minimum absolute atomic E-state index is 0.0197. The third kappa shape index (κ3) is 4.89. The number of pyridine rings is 1. The number of hydrogen-bond acceptors (Lipinski definition) is 7. The first kappa shape index (κ1) is 26.6. The van der Waals surface area contributed by atoms with E-state index in [9.17, 15) is 14.3 Å². The van der Waals surface area contributed by atoms with Crippen LogP contribution in [0.5, 0.6) is 5.75 Å². The Morgan fingerprint density at radius 3 is 2.86 bits per heavy atom. The summed E-state index contributed by atoms with van der Waals surface area (Å²) in [6.45, 7) is 4.00. The number of carbonyl (C=O) groups is 1. The Hall–Kier alpha value is -4.33. The molecule has 2 saturated heterocycles. The normalized spacial score (nSPS) is 23.1. The fourth-order valence-corrected chi connectivity index (χ4v) is 6.40. The van der Waals surface area contributed by atoms with Crippen molar-refractivity contribution in [2.24, 2.45) is 5.92 Å². The Balaban J connectivity index is 1.04. The highest BCUT2D eigenvalue weighted by molar-refractivity contribution is 5.92. The van der Waals surface area contributed by atoms with Gasteiger partial charge in [0.05, 0.1) is 53.1 Å². The van der Waals surface area contributed by atoms with Gasteiger partial charge in [0.2, 0.25) is 0 Å². The van der Waals surface area contributed by atoms with Crippen molar-refractivity contribution in [3.63, 3.8) is 0 Å². The van der Waals surface area contributed by atoms with E-state index in [0.717, 1.165) is 61.5 Å². The average molecular weight is 568 g/mol. The van der Waals surface area contributed by atoms with Crippen molar-refractivity contribution in [2.45, 2.75) is 50.5 Å². The molecule has 2 aliphatic heterocycles. The molecule has 4 heterocycles. The van der Waals surface area contributed by atoms with Crippen LogP contribution in [-0.4, -0.2) is 56.3 Å². The number of fused-ring (bicyclic) bond motifs is 2. The maximum Gasteiger partial charge on any atom is 0.335 e. The van der Waals surface area contributed by atoms with Gasteiger partial charge in [0, 0.05) is 36.4 Å². The van der Waals surface area contributed by atoms with Crippen molar-refractivity contribution in [1.82, 2.24) is 19.4 Å². The van der Waals surface area contributed by atoms with Crippen LogP contribution in [0.3, 0.4) is 0 Å². The van der Waals surface area contributed by atoms with Crippen molar-refractivity contribution < 1.29 is 23.8 Å². The highest BCUT2D eigenvalue weighted by Crippen LogP contribution is 2.59. The van der Waals surface area contributed by atoms with E-state index in [1.807, 2.05) is 12.1 Å². The Morgan fingerprint density at radius 2 is 2.12 bits per heavy atom. The second kappa shape index (κ2) is 10.5. The van der Waals surface area contributed by atoms with E-state index in [1.165, 1.54) is 6.07 Å². The number of carboxylic acids is 1. The Labute approximate surface area is 242 Å². The lowest BCUT2D eigenvalue weighted by atomic mass is 9.91. The first-order valence-corrected chi connectivity index (χ1v) is 14.3. The maximum absolute atomic E-state index is 14.3. The molecule has 2 aromatic heterocycles. The molecule has 2 aromatic carbocycles. The third-order valence-corrected chi connectivity index (χ3v) is 9.02. The molecule has 42 heavy (non-hydrogen) atoms. The molecule has 0 amide bonds. The lowest BCUT2D eigenvalue weighted by Crippen LogP contribution is -2.37. The standard InChI is InChI=1S/C32H30FN5O4/c33-26-11-20(15-34)1-2-22(26)19-42-24-5-8-35-29(13-24)32-7-9-37(16-23(32)14-32)18-30-36-27-4-3-21(31(39)40)12-28(27)38(30)17-25-6-10-41-25/h1-5,8,11-13,23,25H,6-7,9-10,14,16-19H2,(H,39,40)/t23?,25-,32?/m0/s1. The van der Waals surface area contributed by atoms with E-state index in [-0.39, 0.29) is 29.3 Å². The lowest BCUT2D eigenvalue weighted by Gasteiger charge is -2.32. The summed E-state index contributed by atoms with van der Waals surface area (Å²) in [6.07, 6.45) is 4.89. The predicted molar refractivity (Wildman–Crippen MR) is 150 cm³/mol. The Bertz CT molecular complexity index is 1730. The fourth-order valence-electron chi connectivity index (χ4n) is 6.40. The summed E-state index contributed by atoms with van der Waals surface area (Å²) in [5, 5.41) is 18.5. The summed E-state index contributed by atoms with van der Waals surface area (Å²) < 4.78 is 28.1. The van der Waals surface area contributed by atoms with Crippen LogP contribution in [0.15, 0.2) is 54.7 Å². The third-order valence-electron chi connectivity index (χ3n) is 9.02. The number of carboxylic acid groups (broad SMARTS) is 1. The topological polar surface area (TPSA) is 114 Å². The first-order chi connectivity index (χ1) is 20.4. The number of nitrogens with zero attached hydrogens (tertiary/aromatic N) is 5. The molecule has 0 radical (unpaired) electrons. The van der Waals surface area contributed by atoms with Gasteiger partial charge in [-0.15, -0.1) is 0 Å². The van der Waals surface area contributed by atoms with Crippen LogP contribution in [0.25, 0.3) is 11.0 Å². The van der Waals surface area contributed by atoms with E-state index in [1.54, 1.807) is 42.6 Å². The monoisotopic (exact) mass is 567 g/mol. The Kier molecular flexibility index (Phi) is 6.64. The van der Waals surface area contributed by atoms with Gasteiger partial charge in [0.15, 0.2) is 0 Å². The first-order valence-electron chi connectivity index (χ1n) is 14.3. The zero-order chi connectivity index (χ0) is 28.8. The van der Waals surface area contributed by atoms with E-state index < -0.39 is 11.8 Å². The summed E-state index contributed by atoms with van der Waals surface area (Å²) in [7, 11) is 0. The van der Waals surface area contributed by atoms with Crippen LogP contribution in [0, 0.1) is 23.1 Å². The molecule has 3 atom stereocenters. The van der Waals surface area contributed by atoms with E-state index in [0.29, 0.717) is 30.3 Å². The molecular weight excluding hydrogens is 537 g/mol. The molecule has 9 nitrogen and oxygen atoms in total. The van der Waals surface area contributed by atoms with Gasteiger partial charge in [-0.2, -0.15) is 5.26 Å². The predicted octanol–water partition coefficient (Wildman–Crippen LogP) is 4.67. The van der Waals surface area contributed by atoms with Gasteiger partial charge in [-0.1, -0.05) is 6.07 Å². The molecule has 1 aliphatic carbocycles. The number of rotatable bonds is 9. The van der Waals surface area contributed by atoms with Crippen LogP contribution in [0.1, 0.15) is 52.3 Å². The van der Waals surface area contributed by atoms with Crippen LogP contribution in [0.2, 0.25) is 0 Å². The van der Waals surface area contributed by atoms with E-state index >= 15 is 0 Å². The number of halogens is 1. The van der Waals surface area contributed by atoms with Crippen molar-refractivity contribution in [1.29, 1.82) is 5.26 Å². The molecule has 214 valence electrons. The van der Waals surface area contributed by atoms with Crippen molar-refractivity contribution in [2.75, 3.05) is 19.7 Å². The molecule has 4 aromatic rings. The van der Waals surface area contributed by atoms with Crippen LogP contribution >= 0.6 is 0 Å². The second-order valence-corrected chi connectivity index (χ2v) is 11.6. The lowest BCUT2D eigenvalue weighted by molar-refractivity contribution is -0.0592. The number of likely N-dealkylation sites (tertiary alicyclic amines) is 1. The quantitative estimate of drug-likeness (QED) is 0.310. The minimum Gasteiger partial charge on any atom is -0.489 e. The van der Waals surface area contributed by atoms with E-state index in [2.05, 4.69) is 9.47 Å². The molecule has 2 unspecified atom stereocenters. The van der Waals surface area contributed by atoms with Gasteiger partial charge in [-0.3, -0.25) is 9.88 Å². The molecule has 0 spiro atoms. The Morgan fingerprint density at radius 1 is 1.24 bits per heavy atom. The summed E-state index contributed by atoms with van der Waals surface area (Å²) in [4.78, 5) is 23.7. The van der Waals surface area contributed by atoms with Crippen molar-refractivity contribution in [3.8, 4) is 11.8 Å². The smallest absolute Gasteiger partial charge is 0.335 e. The number of piperidine rings is 1. The SMILES string of the molecule is N#Cc1ccc(COc2ccnc(C34CCN(Cc5nc6ccc(C(=O)O)cc6n5C[C@@H]5CCO5)CC3C4)c2)c(F)c1. The number of ether oxygens (including phenoxy) is 2. The van der Waals surface area contributed by atoms with Gasteiger partial charge >= 0.3 is 5.97 Å². The minimum atomic E-state index is -0.948. The number of aromatic carboxylic acids is 1.